The summed E-state index contributed by atoms with van der Waals surface area (Å²) in [6.45, 7) is 2.63. The molecule has 1 N–H and O–H groups in total. The number of piperidine rings is 1. The van der Waals surface area contributed by atoms with E-state index in [4.69, 9.17) is 0 Å². The molecule has 0 bridgehead atoms. The first-order chi connectivity index (χ1) is 15.2. The minimum absolute atomic E-state index is 0.0522. The number of benzene rings is 2. The van der Waals surface area contributed by atoms with E-state index in [9.17, 15) is 22.8 Å². The maximum Gasteiger partial charge on any atom is 0.416 e. The smallest absolute Gasteiger partial charge is 0.352 e. The monoisotopic (exact) mass is 444 g/mol. The van der Waals surface area contributed by atoms with Gasteiger partial charge in [-0.3, -0.25) is 9.59 Å². The van der Waals surface area contributed by atoms with E-state index in [2.05, 4.69) is 5.32 Å². The number of rotatable bonds is 5. The van der Waals surface area contributed by atoms with Crippen molar-refractivity contribution >= 4 is 11.8 Å². The van der Waals surface area contributed by atoms with Crippen molar-refractivity contribution < 1.29 is 22.8 Å². The van der Waals surface area contributed by atoms with Crippen molar-refractivity contribution in [2.24, 2.45) is 11.8 Å². The van der Waals surface area contributed by atoms with Gasteiger partial charge in [0.05, 0.1) is 17.5 Å². The zero-order chi connectivity index (χ0) is 22.9. The van der Waals surface area contributed by atoms with Gasteiger partial charge >= 0.3 is 6.18 Å². The third-order valence-electron chi connectivity index (χ3n) is 6.31. The van der Waals surface area contributed by atoms with Crippen LogP contribution in [0.25, 0.3) is 0 Å². The number of aryl methyl sites for hydroxylation is 1. The van der Waals surface area contributed by atoms with Gasteiger partial charge in [-0.1, -0.05) is 42.0 Å². The maximum atomic E-state index is 13.2. The van der Waals surface area contributed by atoms with E-state index in [1.54, 1.807) is 11.0 Å². The number of carbonyl (C=O) groups excluding carboxylic acids is 2. The van der Waals surface area contributed by atoms with Gasteiger partial charge in [0.25, 0.3) is 0 Å². The highest BCUT2D eigenvalue weighted by Crippen LogP contribution is 2.40. The summed E-state index contributed by atoms with van der Waals surface area (Å²) >= 11 is 0. The highest BCUT2D eigenvalue weighted by atomic mass is 19.4. The van der Waals surface area contributed by atoms with Crippen LogP contribution in [0.3, 0.4) is 0 Å². The van der Waals surface area contributed by atoms with Crippen molar-refractivity contribution in [3.8, 4) is 0 Å². The first-order valence-electron chi connectivity index (χ1n) is 11.0. The first kappa shape index (κ1) is 22.4. The van der Waals surface area contributed by atoms with Crippen LogP contribution in [0.15, 0.2) is 48.5 Å². The Bertz CT molecular complexity index is 1000. The fourth-order valence-corrected chi connectivity index (χ4v) is 4.42. The van der Waals surface area contributed by atoms with Gasteiger partial charge in [-0.15, -0.1) is 0 Å². The van der Waals surface area contributed by atoms with Crippen LogP contribution < -0.4 is 5.32 Å². The summed E-state index contributed by atoms with van der Waals surface area (Å²) in [6.07, 6.45) is -1.85. The van der Waals surface area contributed by atoms with Gasteiger partial charge in [0.1, 0.15) is 0 Å². The van der Waals surface area contributed by atoms with Gasteiger partial charge < -0.3 is 10.2 Å². The van der Waals surface area contributed by atoms with Crippen molar-refractivity contribution in [3.63, 3.8) is 0 Å². The molecule has 0 spiro atoms. The molecule has 2 aliphatic rings. The van der Waals surface area contributed by atoms with Crippen molar-refractivity contribution in [2.45, 2.75) is 51.4 Å². The zero-order valence-corrected chi connectivity index (χ0v) is 18.0. The molecule has 32 heavy (non-hydrogen) atoms. The average Bonchev–Trinajstić information content (AvgIpc) is 3.62. The minimum atomic E-state index is -4.44. The number of hydrogen-bond donors (Lipinski definition) is 1. The third-order valence-corrected chi connectivity index (χ3v) is 6.31. The second-order valence-corrected chi connectivity index (χ2v) is 8.89. The number of alkyl halides is 3. The summed E-state index contributed by atoms with van der Waals surface area (Å²) in [7, 11) is 0. The molecule has 170 valence electrons. The fourth-order valence-electron chi connectivity index (χ4n) is 4.42. The van der Waals surface area contributed by atoms with Crippen LogP contribution >= 0.6 is 0 Å². The Morgan fingerprint density at radius 1 is 1.00 bits per heavy atom. The number of hydrogen-bond acceptors (Lipinski definition) is 2. The predicted molar refractivity (Wildman–Crippen MR) is 114 cm³/mol. The van der Waals surface area contributed by atoms with Crippen LogP contribution in [0.4, 0.5) is 13.2 Å². The number of carbonyl (C=O) groups is 2. The van der Waals surface area contributed by atoms with E-state index >= 15 is 0 Å². The highest BCUT2D eigenvalue weighted by Gasteiger charge is 2.41. The second kappa shape index (κ2) is 8.96. The normalized spacial score (nSPS) is 21.3. The Hall–Kier alpha value is -2.83. The van der Waals surface area contributed by atoms with Crippen molar-refractivity contribution in [1.29, 1.82) is 0 Å². The molecule has 0 aromatic heterocycles. The number of nitrogens with one attached hydrogen (secondary N) is 1. The maximum absolute atomic E-state index is 13.2. The minimum Gasteiger partial charge on any atom is -0.352 e. The lowest BCUT2D eigenvalue weighted by Crippen LogP contribution is -2.47. The molecule has 2 unspecified atom stereocenters. The Kier molecular flexibility index (Phi) is 6.26. The molecular formula is C25H27F3N2O2. The number of likely N-dealkylation sites (tertiary alicyclic amines) is 1. The first-order valence-corrected chi connectivity index (χ1v) is 11.0. The Balaban J connectivity index is 1.48. The van der Waals surface area contributed by atoms with Gasteiger partial charge in [0, 0.05) is 19.0 Å². The fraction of sp³-hybridized carbons (Fsp3) is 0.440. The highest BCUT2D eigenvalue weighted by molar-refractivity contribution is 5.84. The van der Waals surface area contributed by atoms with Crippen LogP contribution in [-0.2, 0) is 22.3 Å². The number of nitrogens with zero attached hydrogens (tertiary/aromatic N) is 1. The molecule has 1 saturated carbocycles. The standard InChI is InChI=1S/C25H27F3N2O2/c1-16-4-2-5-17(12-16)14-29-23(31)20-10-11-22(30(15-20)24(32)18-8-9-18)19-6-3-7-21(13-19)25(26,27)28/h2-7,12-13,18,20,22H,8-11,14-15H2,1H3,(H,29,31). The van der Waals surface area contributed by atoms with Crippen LogP contribution in [0.1, 0.15) is 54.0 Å². The molecule has 2 aromatic carbocycles. The zero-order valence-electron chi connectivity index (χ0n) is 18.0. The van der Waals surface area contributed by atoms with E-state index in [1.165, 1.54) is 6.07 Å². The van der Waals surface area contributed by atoms with E-state index in [0.717, 1.165) is 36.1 Å². The van der Waals surface area contributed by atoms with Gasteiger partial charge in [-0.05, 0) is 55.9 Å². The average molecular weight is 444 g/mol. The van der Waals surface area contributed by atoms with E-state index < -0.39 is 17.8 Å². The second-order valence-electron chi connectivity index (χ2n) is 8.89. The summed E-state index contributed by atoms with van der Waals surface area (Å²) in [5.74, 6) is -0.617. The van der Waals surface area contributed by atoms with E-state index in [1.807, 2.05) is 31.2 Å². The molecule has 1 heterocycles. The predicted octanol–water partition coefficient (Wildman–Crippen LogP) is 5.02. The van der Waals surface area contributed by atoms with Gasteiger partial charge in [-0.2, -0.15) is 13.2 Å². The summed E-state index contributed by atoms with van der Waals surface area (Å²) in [5.41, 5.74) is 1.88. The molecule has 2 aromatic rings. The lowest BCUT2D eigenvalue weighted by atomic mass is 9.87. The van der Waals surface area contributed by atoms with Crippen LogP contribution in [0, 0.1) is 18.8 Å². The van der Waals surface area contributed by atoms with Crippen molar-refractivity contribution in [2.75, 3.05) is 6.54 Å². The molecule has 2 amide bonds. The number of halogens is 3. The molecule has 7 heteroatoms. The number of amides is 2. The van der Waals surface area contributed by atoms with Gasteiger partial charge in [0.15, 0.2) is 0 Å². The molecule has 4 nitrogen and oxygen atoms in total. The molecule has 1 saturated heterocycles. The lowest BCUT2D eigenvalue weighted by Gasteiger charge is -2.40. The summed E-state index contributed by atoms with van der Waals surface area (Å²) < 4.78 is 39.6. The van der Waals surface area contributed by atoms with E-state index in [0.29, 0.717) is 24.9 Å². The van der Waals surface area contributed by atoms with Gasteiger partial charge in [0.2, 0.25) is 11.8 Å². The Morgan fingerprint density at radius 2 is 1.72 bits per heavy atom. The van der Waals surface area contributed by atoms with Crippen LogP contribution in [0.5, 0.6) is 0 Å². The van der Waals surface area contributed by atoms with Crippen LogP contribution in [0.2, 0.25) is 0 Å². The quantitative estimate of drug-likeness (QED) is 0.704. The molecule has 1 aliphatic heterocycles. The van der Waals surface area contributed by atoms with Crippen molar-refractivity contribution in [3.05, 3.63) is 70.8 Å². The molecule has 2 fully saturated rings. The SMILES string of the molecule is Cc1cccc(CNC(=O)C2CCC(c3cccc(C(F)(F)F)c3)N(C(=O)C3CC3)C2)c1. The molecule has 0 radical (unpaired) electrons. The third kappa shape index (κ3) is 5.14. The Morgan fingerprint density at radius 3 is 2.41 bits per heavy atom. The molecular weight excluding hydrogens is 417 g/mol. The summed E-state index contributed by atoms with van der Waals surface area (Å²) in [4.78, 5) is 27.5. The van der Waals surface area contributed by atoms with Crippen LogP contribution in [-0.4, -0.2) is 23.3 Å². The Labute approximate surface area is 185 Å². The summed E-state index contributed by atoms with van der Waals surface area (Å²) in [6, 6.07) is 12.6. The van der Waals surface area contributed by atoms with Gasteiger partial charge in [-0.25, -0.2) is 0 Å². The lowest BCUT2D eigenvalue weighted by molar-refractivity contribution is -0.140. The van der Waals surface area contributed by atoms with Crippen molar-refractivity contribution in [1.82, 2.24) is 10.2 Å². The van der Waals surface area contributed by atoms with E-state index in [-0.39, 0.29) is 30.2 Å². The summed E-state index contributed by atoms with van der Waals surface area (Å²) in [5, 5.41) is 2.96. The molecule has 1 aliphatic carbocycles. The molecule has 4 rings (SSSR count). The largest absolute Gasteiger partial charge is 0.416 e. The topological polar surface area (TPSA) is 49.4 Å². The molecule has 2 atom stereocenters.